The molecule has 168 valence electrons. The van der Waals surface area contributed by atoms with E-state index in [4.69, 9.17) is 0 Å². The second-order valence-corrected chi connectivity index (χ2v) is 9.48. The second-order valence-electron chi connectivity index (χ2n) is 8.35. The number of rotatable bonds is 12. The Labute approximate surface area is 193 Å². The third-order valence-corrected chi connectivity index (χ3v) is 7.12. The third kappa shape index (κ3) is 5.13. The molecule has 0 aliphatic heterocycles. The maximum atomic E-state index is 11.7. The second kappa shape index (κ2) is 10.6. The Morgan fingerprint density at radius 1 is 1.03 bits per heavy atom. The van der Waals surface area contributed by atoms with Gasteiger partial charge in [-0.2, -0.15) is 5.10 Å². The first-order chi connectivity index (χ1) is 15.7. The van der Waals surface area contributed by atoms with Gasteiger partial charge in [0.15, 0.2) is 0 Å². The molecule has 3 heterocycles. The van der Waals surface area contributed by atoms with Gasteiger partial charge in [0, 0.05) is 21.3 Å². The van der Waals surface area contributed by atoms with Crippen molar-refractivity contribution in [3.63, 3.8) is 0 Å². The number of aryl methyl sites for hydroxylation is 1. The molecule has 2 N–H and O–H groups in total. The molecule has 0 saturated heterocycles. The Morgan fingerprint density at radius 2 is 1.78 bits per heavy atom. The molecule has 0 aliphatic rings. The highest BCUT2D eigenvalue weighted by atomic mass is 32.1. The maximum absolute atomic E-state index is 11.7. The zero-order valence-corrected chi connectivity index (χ0v) is 19.5. The van der Waals surface area contributed by atoms with Gasteiger partial charge >= 0.3 is 5.97 Å². The van der Waals surface area contributed by atoms with Gasteiger partial charge < -0.3 is 10.1 Å². The van der Waals surface area contributed by atoms with Crippen molar-refractivity contribution in [2.45, 2.75) is 64.7 Å². The lowest BCUT2D eigenvalue weighted by molar-refractivity contribution is 0.0702. The molecule has 4 aromatic rings. The number of benzene rings is 1. The summed E-state index contributed by atoms with van der Waals surface area (Å²) in [5.41, 5.74) is 2.96. The number of thiophene rings is 1. The van der Waals surface area contributed by atoms with E-state index < -0.39 is 5.97 Å². The number of hydrogen-bond donors (Lipinski definition) is 2. The van der Waals surface area contributed by atoms with Crippen LogP contribution in [0.25, 0.3) is 28.0 Å². The van der Waals surface area contributed by atoms with E-state index in [1.807, 2.05) is 35.0 Å². The number of hydrogen-bond acceptors (Lipinski definition) is 3. The van der Waals surface area contributed by atoms with Crippen molar-refractivity contribution in [3.05, 3.63) is 58.4 Å². The number of nitrogens with zero attached hydrogens (tertiary/aromatic N) is 2. The Balaban J connectivity index is 1.51. The average molecular weight is 450 g/mol. The Hall–Kier alpha value is -2.86. The number of unbranched alkanes of at least 4 members (excludes halogenated alkanes) is 7. The average Bonchev–Trinajstić information content (AvgIpc) is 3.52. The summed E-state index contributed by atoms with van der Waals surface area (Å²) in [5, 5.41) is 15.3. The summed E-state index contributed by atoms with van der Waals surface area (Å²) in [5.74, 6) is 0.0161. The molecule has 0 fully saturated rings. The van der Waals surface area contributed by atoms with Crippen LogP contribution in [0.2, 0.25) is 0 Å². The van der Waals surface area contributed by atoms with Crippen molar-refractivity contribution >= 4 is 28.2 Å². The maximum Gasteiger partial charge on any atom is 0.345 e. The van der Waals surface area contributed by atoms with Crippen LogP contribution >= 0.6 is 11.3 Å². The lowest BCUT2D eigenvalue weighted by Gasteiger charge is -2.07. The zero-order chi connectivity index (χ0) is 22.3. The molecular weight excluding hydrogens is 418 g/mol. The number of carboxylic acids is 1. The van der Waals surface area contributed by atoms with Gasteiger partial charge in [0.1, 0.15) is 10.7 Å². The molecule has 0 unspecified atom stereocenters. The highest BCUT2D eigenvalue weighted by molar-refractivity contribution is 7.14. The van der Waals surface area contributed by atoms with Crippen molar-refractivity contribution < 1.29 is 9.90 Å². The van der Waals surface area contributed by atoms with Crippen molar-refractivity contribution in [1.82, 2.24) is 14.8 Å². The van der Waals surface area contributed by atoms with Gasteiger partial charge in [-0.1, -0.05) is 70.1 Å². The van der Waals surface area contributed by atoms with E-state index >= 15 is 0 Å². The molecule has 0 aliphatic carbocycles. The van der Waals surface area contributed by atoms with Crippen molar-refractivity contribution in [2.75, 3.05) is 0 Å². The lowest BCUT2D eigenvalue weighted by Crippen LogP contribution is -2.00. The van der Waals surface area contributed by atoms with Gasteiger partial charge in [-0.15, -0.1) is 11.3 Å². The van der Waals surface area contributed by atoms with Crippen LogP contribution in [-0.4, -0.2) is 25.8 Å². The van der Waals surface area contributed by atoms with Crippen LogP contribution in [0.1, 0.15) is 72.8 Å². The van der Waals surface area contributed by atoms with Crippen LogP contribution in [0, 0.1) is 0 Å². The summed E-state index contributed by atoms with van der Waals surface area (Å²) in [6.45, 7) is 2.24. The van der Waals surface area contributed by atoms with Crippen LogP contribution in [0.3, 0.4) is 0 Å². The molecule has 3 aromatic heterocycles. The van der Waals surface area contributed by atoms with E-state index in [0.29, 0.717) is 4.88 Å². The van der Waals surface area contributed by atoms with E-state index in [1.165, 1.54) is 56.3 Å². The highest BCUT2D eigenvalue weighted by Gasteiger charge is 2.19. The Bertz CT molecular complexity index is 1140. The van der Waals surface area contributed by atoms with Gasteiger partial charge in [0.05, 0.1) is 11.9 Å². The van der Waals surface area contributed by atoms with Gasteiger partial charge in [-0.3, -0.25) is 0 Å². The molecule has 32 heavy (non-hydrogen) atoms. The van der Waals surface area contributed by atoms with E-state index in [1.54, 1.807) is 6.20 Å². The number of carboxylic acid groups (broad SMARTS) is 1. The van der Waals surface area contributed by atoms with Crippen LogP contribution < -0.4 is 0 Å². The summed E-state index contributed by atoms with van der Waals surface area (Å²) in [6.07, 6.45) is 12.8. The molecule has 0 radical (unpaired) electrons. The first kappa shape index (κ1) is 22.3. The van der Waals surface area contributed by atoms with E-state index in [2.05, 4.69) is 29.1 Å². The highest BCUT2D eigenvalue weighted by Crippen LogP contribution is 2.34. The summed E-state index contributed by atoms with van der Waals surface area (Å²) >= 11 is 1.40. The first-order valence-electron chi connectivity index (χ1n) is 11.7. The minimum atomic E-state index is -0.866. The lowest BCUT2D eigenvalue weighted by atomic mass is 10.0. The zero-order valence-electron chi connectivity index (χ0n) is 18.6. The number of H-pyrrole nitrogens is 1. The van der Waals surface area contributed by atoms with Crippen LogP contribution in [0.15, 0.2) is 48.7 Å². The number of fused-ring (bicyclic) bond motifs is 1. The minimum absolute atomic E-state index is 0.388. The minimum Gasteiger partial charge on any atom is -0.477 e. The Kier molecular flexibility index (Phi) is 7.43. The number of para-hydroxylation sites is 1. The third-order valence-electron chi connectivity index (χ3n) is 5.94. The number of aromatic amines is 1. The number of carbonyl (C=O) groups is 1. The Morgan fingerprint density at radius 3 is 2.53 bits per heavy atom. The molecule has 0 bridgehead atoms. The van der Waals surface area contributed by atoms with E-state index in [9.17, 15) is 9.90 Å². The summed E-state index contributed by atoms with van der Waals surface area (Å²) in [4.78, 5) is 16.6. The van der Waals surface area contributed by atoms with Gasteiger partial charge in [0.25, 0.3) is 0 Å². The van der Waals surface area contributed by atoms with Crippen molar-refractivity contribution in [1.29, 1.82) is 0 Å². The van der Waals surface area contributed by atoms with Crippen molar-refractivity contribution in [3.8, 4) is 17.1 Å². The predicted octanol–water partition coefficient (Wildman–Crippen LogP) is 7.46. The van der Waals surface area contributed by atoms with Crippen LogP contribution in [0.5, 0.6) is 0 Å². The van der Waals surface area contributed by atoms with Gasteiger partial charge in [-0.25, -0.2) is 9.48 Å². The largest absolute Gasteiger partial charge is 0.477 e. The molecule has 6 heteroatoms. The molecule has 4 rings (SSSR count). The molecule has 0 amide bonds. The fraction of sp³-hybridized carbons (Fsp3) is 0.385. The monoisotopic (exact) mass is 449 g/mol. The molecular formula is C26H31N3O2S. The number of aromatic nitrogens is 3. The molecule has 0 atom stereocenters. The normalized spacial score (nSPS) is 11.4. The first-order valence-corrected chi connectivity index (χ1v) is 12.5. The fourth-order valence-electron chi connectivity index (χ4n) is 4.23. The summed E-state index contributed by atoms with van der Waals surface area (Å²) < 4.78 is 1.88. The van der Waals surface area contributed by atoms with Crippen LogP contribution in [0.4, 0.5) is 0 Å². The van der Waals surface area contributed by atoms with Gasteiger partial charge in [0.2, 0.25) is 0 Å². The van der Waals surface area contributed by atoms with Crippen molar-refractivity contribution in [2.24, 2.45) is 0 Å². The van der Waals surface area contributed by atoms with Crippen LogP contribution in [-0.2, 0) is 6.42 Å². The van der Waals surface area contributed by atoms with E-state index in [-0.39, 0.29) is 0 Å². The molecule has 0 spiro atoms. The topological polar surface area (TPSA) is 70.9 Å². The number of aromatic carboxylic acids is 1. The molecule has 5 nitrogen and oxygen atoms in total. The van der Waals surface area contributed by atoms with E-state index in [0.717, 1.165) is 45.7 Å². The fourth-order valence-corrected chi connectivity index (χ4v) is 5.28. The number of nitrogens with one attached hydrogen (secondary N) is 1. The molecule has 0 saturated carbocycles. The quantitative estimate of drug-likeness (QED) is 0.220. The summed E-state index contributed by atoms with van der Waals surface area (Å²) in [7, 11) is 0. The smallest absolute Gasteiger partial charge is 0.345 e. The standard InChI is InChI=1S/C26H31N3O2S/c1-2-3-4-5-6-7-8-9-14-23-20(18-24(32-23)26(30)31)22-15-16-27-29(22)25-17-19-12-10-11-13-21(19)28-25/h10-13,15-18,28H,2-9,14H2,1H3,(H,30,31). The predicted molar refractivity (Wildman–Crippen MR) is 132 cm³/mol. The summed E-state index contributed by atoms with van der Waals surface area (Å²) in [6, 6.07) is 14.0. The van der Waals surface area contributed by atoms with Gasteiger partial charge in [-0.05, 0) is 37.1 Å². The SMILES string of the molecule is CCCCCCCCCCc1sc(C(=O)O)cc1-c1ccnn1-c1cc2ccccc2[nH]1. The molecule has 1 aromatic carbocycles.